The fraction of sp³-hybridized carbons (Fsp3) is 0.263. The van der Waals surface area contributed by atoms with E-state index in [-0.39, 0.29) is 18.4 Å². The Kier molecular flexibility index (Phi) is 6.83. The number of hydrogen-bond acceptors (Lipinski definition) is 4. The van der Waals surface area contributed by atoms with Crippen LogP contribution in [-0.2, 0) is 11.2 Å². The molecule has 0 aromatic heterocycles. The highest BCUT2D eigenvalue weighted by atomic mass is 16.5. The topological polar surface area (TPSA) is 76.7 Å². The highest BCUT2D eigenvalue weighted by molar-refractivity contribution is 5.96. The molecule has 0 saturated heterocycles. The van der Waals surface area contributed by atoms with Crippen LogP contribution >= 0.6 is 0 Å². The molecule has 0 fully saturated rings. The van der Waals surface area contributed by atoms with Gasteiger partial charge < -0.3 is 20.1 Å². The number of hydrogen-bond donors (Lipinski definition) is 2. The fourth-order valence-electron chi connectivity index (χ4n) is 2.21. The van der Waals surface area contributed by atoms with Crippen molar-refractivity contribution in [2.75, 3.05) is 27.3 Å². The number of benzene rings is 2. The molecule has 25 heavy (non-hydrogen) atoms. The van der Waals surface area contributed by atoms with Crippen molar-refractivity contribution in [2.45, 2.75) is 6.42 Å². The lowest BCUT2D eigenvalue weighted by Crippen LogP contribution is -2.37. The van der Waals surface area contributed by atoms with Gasteiger partial charge in [-0.1, -0.05) is 12.1 Å². The van der Waals surface area contributed by atoms with E-state index in [1.54, 1.807) is 38.5 Å². The first-order chi connectivity index (χ1) is 12.1. The van der Waals surface area contributed by atoms with E-state index in [0.29, 0.717) is 24.3 Å². The van der Waals surface area contributed by atoms with E-state index in [4.69, 9.17) is 9.47 Å². The first kappa shape index (κ1) is 18.3. The van der Waals surface area contributed by atoms with Gasteiger partial charge in [0.25, 0.3) is 5.91 Å². The highest BCUT2D eigenvalue weighted by Gasteiger charge is 2.08. The minimum atomic E-state index is -0.298. The number of methoxy groups -OCH3 is 2. The lowest BCUT2D eigenvalue weighted by atomic mass is 10.1. The molecule has 2 aromatic carbocycles. The molecule has 132 valence electrons. The third-order valence-corrected chi connectivity index (χ3v) is 3.66. The van der Waals surface area contributed by atoms with Crippen LogP contribution in [-0.4, -0.2) is 39.1 Å². The third kappa shape index (κ3) is 5.84. The van der Waals surface area contributed by atoms with Crippen LogP contribution in [0.1, 0.15) is 15.9 Å². The summed E-state index contributed by atoms with van der Waals surface area (Å²) in [6, 6.07) is 14.4. The number of carbonyl (C=O) groups excluding carboxylic acids is 2. The first-order valence-corrected chi connectivity index (χ1v) is 7.94. The van der Waals surface area contributed by atoms with Gasteiger partial charge in [0.1, 0.15) is 11.5 Å². The number of ether oxygens (including phenoxy) is 2. The van der Waals surface area contributed by atoms with Crippen LogP contribution in [0.4, 0.5) is 0 Å². The Morgan fingerprint density at radius 3 is 1.96 bits per heavy atom. The van der Waals surface area contributed by atoms with E-state index in [2.05, 4.69) is 10.6 Å². The van der Waals surface area contributed by atoms with Crippen molar-refractivity contribution in [1.82, 2.24) is 10.6 Å². The van der Waals surface area contributed by atoms with Gasteiger partial charge in [0.2, 0.25) is 5.91 Å². The quantitative estimate of drug-likeness (QED) is 0.767. The van der Waals surface area contributed by atoms with E-state index in [9.17, 15) is 9.59 Å². The zero-order chi connectivity index (χ0) is 18.1. The van der Waals surface area contributed by atoms with Crippen molar-refractivity contribution in [3.05, 3.63) is 59.7 Å². The van der Waals surface area contributed by atoms with Crippen LogP contribution in [0.2, 0.25) is 0 Å². The lowest BCUT2D eigenvalue weighted by Gasteiger charge is -2.08. The summed E-state index contributed by atoms with van der Waals surface area (Å²) in [7, 11) is 3.18. The second kappa shape index (κ2) is 9.32. The number of amides is 2. The van der Waals surface area contributed by atoms with Crippen LogP contribution in [0.5, 0.6) is 11.5 Å². The number of carbonyl (C=O) groups is 2. The normalized spacial score (nSPS) is 10.0. The molecule has 0 heterocycles. The summed E-state index contributed by atoms with van der Waals surface area (Å²) in [5.41, 5.74) is 1.58. The molecule has 6 nitrogen and oxygen atoms in total. The Hall–Kier alpha value is -3.02. The second-order valence-electron chi connectivity index (χ2n) is 5.36. The summed E-state index contributed by atoms with van der Waals surface area (Å²) in [6.07, 6.45) is 0.710. The molecule has 0 unspecified atom stereocenters. The van der Waals surface area contributed by atoms with Gasteiger partial charge in [0.15, 0.2) is 0 Å². The van der Waals surface area contributed by atoms with Crippen LogP contribution in [0.3, 0.4) is 0 Å². The zero-order valence-corrected chi connectivity index (χ0v) is 14.4. The van der Waals surface area contributed by atoms with Crippen molar-refractivity contribution in [3.8, 4) is 11.5 Å². The standard InChI is InChI=1S/C19H22N2O4/c1-24-16-7-3-14(4-8-16)11-12-20-18(22)13-21-19(23)15-5-9-17(25-2)10-6-15/h3-10H,11-13H2,1-2H3,(H,20,22)(H,21,23). The first-order valence-electron chi connectivity index (χ1n) is 7.94. The van der Waals surface area contributed by atoms with Gasteiger partial charge in [-0.2, -0.15) is 0 Å². The molecule has 0 aliphatic rings. The lowest BCUT2D eigenvalue weighted by molar-refractivity contribution is -0.120. The van der Waals surface area contributed by atoms with Crippen molar-refractivity contribution in [3.63, 3.8) is 0 Å². The Balaban J connectivity index is 1.69. The van der Waals surface area contributed by atoms with Crippen LogP contribution in [0, 0.1) is 0 Å². The largest absolute Gasteiger partial charge is 0.497 e. The molecule has 0 spiro atoms. The monoisotopic (exact) mass is 342 g/mol. The molecule has 2 N–H and O–H groups in total. The van der Waals surface area contributed by atoms with E-state index in [0.717, 1.165) is 11.3 Å². The molecular formula is C19H22N2O4. The summed E-state index contributed by atoms with van der Waals surface area (Å²) < 4.78 is 10.1. The molecular weight excluding hydrogens is 320 g/mol. The maximum absolute atomic E-state index is 12.0. The molecule has 2 rings (SSSR count). The number of nitrogens with one attached hydrogen (secondary N) is 2. The minimum absolute atomic E-state index is 0.0620. The summed E-state index contributed by atoms with van der Waals surface area (Å²) in [6.45, 7) is 0.442. The predicted molar refractivity (Wildman–Crippen MR) is 95.0 cm³/mol. The van der Waals surface area contributed by atoms with Gasteiger partial charge >= 0.3 is 0 Å². The van der Waals surface area contributed by atoms with Crippen molar-refractivity contribution in [1.29, 1.82) is 0 Å². The van der Waals surface area contributed by atoms with Gasteiger partial charge in [-0.3, -0.25) is 9.59 Å². The summed E-state index contributed by atoms with van der Waals surface area (Å²) >= 11 is 0. The predicted octanol–water partition coefficient (Wildman–Crippen LogP) is 1.79. The summed E-state index contributed by atoms with van der Waals surface area (Å²) in [4.78, 5) is 23.8. The molecule has 2 amide bonds. The Bertz CT molecular complexity index is 696. The molecule has 0 bridgehead atoms. The molecule has 2 aromatic rings. The SMILES string of the molecule is COc1ccc(CCNC(=O)CNC(=O)c2ccc(OC)cc2)cc1. The van der Waals surface area contributed by atoms with E-state index < -0.39 is 0 Å². The molecule has 0 aliphatic carbocycles. The minimum Gasteiger partial charge on any atom is -0.497 e. The van der Waals surface area contributed by atoms with Gasteiger partial charge in [0.05, 0.1) is 20.8 Å². The summed E-state index contributed by atoms with van der Waals surface area (Å²) in [5.74, 6) is 0.949. The van der Waals surface area contributed by atoms with E-state index in [1.165, 1.54) is 0 Å². The average molecular weight is 342 g/mol. The second-order valence-corrected chi connectivity index (χ2v) is 5.36. The molecule has 6 heteroatoms. The Labute approximate surface area is 147 Å². The smallest absolute Gasteiger partial charge is 0.251 e. The maximum atomic E-state index is 12.0. The number of rotatable bonds is 8. The molecule has 0 aliphatic heterocycles. The van der Waals surface area contributed by atoms with Crippen molar-refractivity contribution in [2.24, 2.45) is 0 Å². The van der Waals surface area contributed by atoms with Crippen molar-refractivity contribution < 1.29 is 19.1 Å². The van der Waals surface area contributed by atoms with Gasteiger partial charge in [-0.05, 0) is 48.4 Å². The van der Waals surface area contributed by atoms with Gasteiger partial charge in [-0.15, -0.1) is 0 Å². The van der Waals surface area contributed by atoms with Crippen LogP contribution < -0.4 is 20.1 Å². The maximum Gasteiger partial charge on any atom is 0.251 e. The van der Waals surface area contributed by atoms with Crippen molar-refractivity contribution >= 4 is 11.8 Å². The summed E-state index contributed by atoms with van der Waals surface area (Å²) in [5, 5.41) is 5.37. The van der Waals surface area contributed by atoms with Crippen LogP contribution in [0.15, 0.2) is 48.5 Å². The Morgan fingerprint density at radius 1 is 0.840 bits per heavy atom. The zero-order valence-electron chi connectivity index (χ0n) is 14.4. The van der Waals surface area contributed by atoms with E-state index >= 15 is 0 Å². The molecule has 0 saturated carbocycles. The fourth-order valence-corrected chi connectivity index (χ4v) is 2.21. The molecule has 0 atom stereocenters. The van der Waals surface area contributed by atoms with E-state index in [1.807, 2.05) is 24.3 Å². The molecule has 0 radical (unpaired) electrons. The third-order valence-electron chi connectivity index (χ3n) is 3.66. The highest BCUT2D eigenvalue weighted by Crippen LogP contribution is 2.12. The Morgan fingerprint density at radius 2 is 1.40 bits per heavy atom. The average Bonchev–Trinajstić information content (AvgIpc) is 2.66. The van der Waals surface area contributed by atoms with Gasteiger partial charge in [-0.25, -0.2) is 0 Å². The van der Waals surface area contributed by atoms with Gasteiger partial charge in [0, 0.05) is 12.1 Å². The van der Waals surface area contributed by atoms with Crippen LogP contribution in [0.25, 0.3) is 0 Å².